The lowest BCUT2D eigenvalue weighted by Crippen LogP contribution is -2.30. The van der Waals surface area contributed by atoms with E-state index >= 15 is 0 Å². The molecule has 0 spiro atoms. The van der Waals surface area contributed by atoms with E-state index in [0.717, 1.165) is 173 Å². The van der Waals surface area contributed by atoms with Crippen molar-refractivity contribution in [2.45, 2.75) is 232 Å². The highest BCUT2D eigenvalue weighted by Gasteiger charge is 2.19. The zero-order chi connectivity index (χ0) is 59.9. The molecule has 0 N–H and O–H groups in total. The van der Waals surface area contributed by atoms with Crippen LogP contribution in [0.1, 0.15) is 226 Å². The summed E-state index contributed by atoms with van der Waals surface area (Å²) >= 11 is 0. The van der Waals surface area contributed by atoms with Crippen LogP contribution in [0.3, 0.4) is 0 Å². The number of carbonyl (C=O) groups is 3. The average Bonchev–Trinajstić information content (AvgIpc) is 3.49. The smallest absolute Gasteiger partial charge is 0.306 e. The predicted octanol–water partition coefficient (Wildman–Crippen LogP) is 22.5. The number of unbranched alkanes of at least 4 members (excludes halogenated alkanes) is 8. The molecule has 0 aromatic carbocycles. The lowest BCUT2D eigenvalue weighted by molar-refractivity contribution is -0.166. The summed E-state index contributed by atoms with van der Waals surface area (Å²) in [7, 11) is 0. The van der Waals surface area contributed by atoms with E-state index in [1.165, 1.54) is 0 Å². The lowest BCUT2D eigenvalue weighted by atomic mass is 10.1. The maximum absolute atomic E-state index is 12.9. The monoisotopic (exact) mass is 1130 g/mol. The van der Waals surface area contributed by atoms with Crippen LogP contribution in [0.2, 0.25) is 0 Å². The van der Waals surface area contributed by atoms with Crippen LogP contribution >= 0.6 is 0 Å². The number of ether oxygens (including phenoxy) is 3. The molecule has 0 saturated carbocycles. The highest BCUT2D eigenvalue weighted by molar-refractivity contribution is 5.71. The van der Waals surface area contributed by atoms with Gasteiger partial charge in [-0.25, -0.2) is 0 Å². The molecule has 458 valence electrons. The van der Waals surface area contributed by atoms with Crippen LogP contribution < -0.4 is 0 Å². The summed E-state index contributed by atoms with van der Waals surface area (Å²) in [4.78, 5) is 38.3. The van der Waals surface area contributed by atoms with Gasteiger partial charge >= 0.3 is 17.9 Å². The second-order valence-corrected chi connectivity index (χ2v) is 20.2. The number of allylic oxidation sites excluding steroid dienone is 36. The van der Waals surface area contributed by atoms with Crippen LogP contribution in [-0.4, -0.2) is 37.2 Å². The third-order valence-electron chi connectivity index (χ3n) is 12.5. The van der Waals surface area contributed by atoms with E-state index in [2.05, 4.69) is 227 Å². The fourth-order valence-electron chi connectivity index (χ4n) is 7.77. The Morgan fingerprint density at radius 2 is 0.458 bits per heavy atom. The molecule has 0 aliphatic carbocycles. The molecule has 0 rings (SSSR count). The van der Waals surface area contributed by atoms with E-state index in [1.54, 1.807) is 0 Å². The van der Waals surface area contributed by atoms with Gasteiger partial charge in [-0.15, -0.1) is 0 Å². The summed E-state index contributed by atoms with van der Waals surface area (Å²) in [6.45, 7) is 6.16. The normalized spacial score (nSPS) is 13.6. The Morgan fingerprint density at radius 1 is 0.241 bits per heavy atom. The maximum Gasteiger partial charge on any atom is 0.306 e. The summed E-state index contributed by atoms with van der Waals surface area (Å²) < 4.78 is 16.8. The fraction of sp³-hybridized carbons (Fsp3) is 0.494. The molecule has 6 heteroatoms. The summed E-state index contributed by atoms with van der Waals surface area (Å²) in [5.41, 5.74) is 0. The van der Waals surface area contributed by atoms with Gasteiger partial charge in [-0.3, -0.25) is 14.4 Å². The summed E-state index contributed by atoms with van der Waals surface area (Å²) in [6.07, 6.45) is 107. The minimum atomic E-state index is -0.848. The molecule has 0 aliphatic heterocycles. The van der Waals surface area contributed by atoms with E-state index in [0.29, 0.717) is 19.3 Å². The number of esters is 3. The lowest BCUT2D eigenvalue weighted by Gasteiger charge is -2.18. The van der Waals surface area contributed by atoms with E-state index in [1.807, 2.05) is 12.2 Å². The van der Waals surface area contributed by atoms with Gasteiger partial charge in [-0.05, 0) is 161 Å². The minimum Gasteiger partial charge on any atom is -0.462 e. The first kappa shape index (κ1) is 76.7. The number of hydrogen-bond donors (Lipinski definition) is 0. The Kier molecular flexibility index (Phi) is 63.1. The molecule has 0 aliphatic rings. The van der Waals surface area contributed by atoms with Gasteiger partial charge in [-0.2, -0.15) is 0 Å². The fourth-order valence-corrected chi connectivity index (χ4v) is 7.77. The minimum absolute atomic E-state index is 0.138. The highest BCUT2D eigenvalue weighted by atomic mass is 16.6. The molecule has 0 aromatic rings. The zero-order valence-electron chi connectivity index (χ0n) is 52.4. The first-order valence-corrected chi connectivity index (χ1v) is 32.2. The third kappa shape index (κ3) is 66.4. The molecular weight excluding hydrogens is 1020 g/mol. The molecule has 1 atom stereocenters. The summed E-state index contributed by atoms with van der Waals surface area (Å²) in [5, 5.41) is 0. The van der Waals surface area contributed by atoms with Crippen molar-refractivity contribution in [1.29, 1.82) is 0 Å². The second-order valence-electron chi connectivity index (χ2n) is 20.2. The van der Waals surface area contributed by atoms with Gasteiger partial charge < -0.3 is 14.2 Å². The van der Waals surface area contributed by atoms with Gasteiger partial charge in [-0.1, -0.05) is 265 Å². The van der Waals surface area contributed by atoms with E-state index in [9.17, 15) is 14.4 Å². The van der Waals surface area contributed by atoms with Gasteiger partial charge in [0, 0.05) is 19.3 Å². The van der Waals surface area contributed by atoms with Crippen molar-refractivity contribution in [2.75, 3.05) is 13.2 Å². The predicted molar refractivity (Wildman–Crippen MR) is 361 cm³/mol. The van der Waals surface area contributed by atoms with Crippen LogP contribution in [0, 0.1) is 0 Å². The van der Waals surface area contributed by atoms with Gasteiger partial charge in [0.25, 0.3) is 0 Å². The van der Waals surface area contributed by atoms with Gasteiger partial charge in [0.1, 0.15) is 13.2 Å². The Labute approximate surface area is 508 Å². The van der Waals surface area contributed by atoms with Crippen LogP contribution in [0.4, 0.5) is 0 Å². The number of carbonyl (C=O) groups excluding carboxylic acids is 3. The molecule has 83 heavy (non-hydrogen) atoms. The number of hydrogen-bond acceptors (Lipinski definition) is 6. The number of rotatable bonds is 55. The molecule has 0 amide bonds. The Bertz CT molecular complexity index is 2080. The van der Waals surface area contributed by atoms with Crippen LogP contribution in [-0.2, 0) is 28.6 Å². The van der Waals surface area contributed by atoms with Crippen LogP contribution in [0.5, 0.6) is 0 Å². The Hall–Kier alpha value is -6.27. The van der Waals surface area contributed by atoms with Gasteiger partial charge in [0.2, 0.25) is 0 Å². The van der Waals surface area contributed by atoms with Crippen molar-refractivity contribution in [2.24, 2.45) is 0 Å². The Morgan fingerprint density at radius 3 is 0.735 bits per heavy atom. The van der Waals surface area contributed by atoms with Crippen molar-refractivity contribution in [3.05, 3.63) is 219 Å². The van der Waals surface area contributed by atoms with E-state index in [-0.39, 0.29) is 44.0 Å². The largest absolute Gasteiger partial charge is 0.462 e. The third-order valence-corrected chi connectivity index (χ3v) is 12.5. The zero-order valence-corrected chi connectivity index (χ0v) is 52.4. The maximum atomic E-state index is 12.9. The average molecular weight is 1140 g/mol. The molecule has 1 unspecified atom stereocenters. The van der Waals surface area contributed by atoms with E-state index in [4.69, 9.17) is 14.2 Å². The van der Waals surface area contributed by atoms with Crippen molar-refractivity contribution < 1.29 is 28.6 Å². The van der Waals surface area contributed by atoms with Gasteiger partial charge in [0.15, 0.2) is 6.10 Å². The molecular formula is C77H114O6. The van der Waals surface area contributed by atoms with Crippen molar-refractivity contribution in [3.8, 4) is 0 Å². The molecule has 0 aromatic heterocycles. The van der Waals surface area contributed by atoms with Crippen molar-refractivity contribution >= 4 is 17.9 Å². The Balaban J connectivity index is 4.53. The molecule has 0 heterocycles. The quantitative estimate of drug-likeness (QED) is 0.0261. The van der Waals surface area contributed by atoms with Gasteiger partial charge in [0.05, 0.1) is 0 Å². The summed E-state index contributed by atoms with van der Waals surface area (Å²) in [6, 6.07) is 0. The highest BCUT2D eigenvalue weighted by Crippen LogP contribution is 2.12. The molecule has 0 radical (unpaired) electrons. The SMILES string of the molecule is CC/C=C\C/C=C\C/C=C\C/C=C\C/C=C\C/C=C\C/C=C\C/C=C\CCCCCCC(=O)OCC(COC(=O)CC/C=C\C/C=C\C/C=C\C/C=C\CC)OC(=O)CCCCCC/C=C\C/C=C\C/C=C\C/C=C\C/C=C\C/C=C\CC. The van der Waals surface area contributed by atoms with Crippen molar-refractivity contribution in [3.63, 3.8) is 0 Å². The molecule has 6 nitrogen and oxygen atoms in total. The molecule has 0 saturated heterocycles. The standard InChI is InChI=1S/C77H114O6/c1-4-7-10-13-16-19-22-25-27-29-31-33-35-36-37-38-39-40-42-43-45-47-49-52-55-58-61-64-67-70-76(79)82-73-74(72-81-75(78)69-66-63-60-57-54-51-24-21-18-15-12-9-6-3)83-77(80)71-68-65-62-59-56-53-50-48-46-44-41-34-32-30-28-26-23-20-17-14-11-8-5-2/h7-12,16-21,25-28,31-34,36-37,39-40,43-46,49-54,60,63,74H,4-6,13-15,22-24,29-30,35,38,41-42,47-48,55-59,61-62,64-73H2,1-3H3/b10-7-,11-8-,12-9-,19-16-,20-17-,21-18-,27-25-,28-26-,33-31-,34-32-,37-36-,40-39-,45-43-,46-44-,52-49-,53-50-,54-51-,63-60-. The van der Waals surface area contributed by atoms with Crippen LogP contribution in [0.15, 0.2) is 219 Å². The topological polar surface area (TPSA) is 78.9 Å². The van der Waals surface area contributed by atoms with Crippen LogP contribution in [0.25, 0.3) is 0 Å². The molecule has 0 bridgehead atoms. The molecule has 0 fully saturated rings. The van der Waals surface area contributed by atoms with E-state index < -0.39 is 6.10 Å². The second kappa shape index (κ2) is 68.2. The first-order chi connectivity index (χ1) is 41.0. The first-order valence-electron chi connectivity index (χ1n) is 32.2. The summed E-state index contributed by atoms with van der Waals surface area (Å²) in [5.74, 6) is -1.08. The van der Waals surface area contributed by atoms with Crippen molar-refractivity contribution in [1.82, 2.24) is 0 Å².